The van der Waals surface area contributed by atoms with E-state index in [0.29, 0.717) is 30.1 Å². The third-order valence-corrected chi connectivity index (χ3v) is 4.06. The Kier molecular flexibility index (Phi) is 5.99. The van der Waals surface area contributed by atoms with Gasteiger partial charge < -0.3 is 9.88 Å². The predicted molar refractivity (Wildman–Crippen MR) is 93.4 cm³/mol. The van der Waals surface area contributed by atoms with Crippen molar-refractivity contribution in [3.63, 3.8) is 0 Å². The molecule has 0 saturated heterocycles. The highest BCUT2D eigenvalue weighted by Crippen LogP contribution is 2.28. The van der Waals surface area contributed by atoms with Crippen molar-refractivity contribution in [2.75, 3.05) is 13.1 Å². The summed E-state index contributed by atoms with van der Waals surface area (Å²) in [6.45, 7) is 4.94. The van der Waals surface area contributed by atoms with Gasteiger partial charge in [0.2, 0.25) is 5.56 Å². The van der Waals surface area contributed by atoms with Gasteiger partial charge in [0.15, 0.2) is 0 Å². The summed E-state index contributed by atoms with van der Waals surface area (Å²) in [7, 11) is 0. The minimum absolute atomic E-state index is 0.0148. The van der Waals surface area contributed by atoms with Crippen LogP contribution in [0.4, 0.5) is 0 Å². The number of carbonyl (C=O) groups excluding carboxylic acids is 1. The number of hydrogen-bond acceptors (Lipinski definition) is 2. The van der Waals surface area contributed by atoms with E-state index in [4.69, 9.17) is 11.6 Å². The number of allylic oxidation sites excluding steroid dienone is 2. The number of amides is 1. The summed E-state index contributed by atoms with van der Waals surface area (Å²) >= 11 is 6.33. The summed E-state index contributed by atoms with van der Waals surface area (Å²) in [6, 6.07) is 5.05. The van der Waals surface area contributed by atoms with E-state index < -0.39 is 0 Å². The van der Waals surface area contributed by atoms with Crippen LogP contribution in [0.5, 0.6) is 0 Å². The van der Waals surface area contributed by atoms with Crippen LogP contribution in [-0.4, -0.2) is 28.9 Å². The summed E-state index contributed by atoms with van der Waals surface area (Å²) in [4.78, 5) is 28.4. The Labute approximate surface area is 141 Å². The molecule has 23 heavy (non-hydrogen) atoms. The van der Waals surface area contributed by atoms with Gasteiger partial charge in [0.1, 0.15) is 0 Å². The van der Waals surface area contributed by atoms with Gasteiger partial charge in [-0.25, -0.2) is 0 Å². The van der Waals surface area contributed by atoms with Gasteiger partial charge in [-0.15, -0.1) is 0 Å². The lowest BCUT2D eigenvalue weighted by Gasteiger charge is -2.16. The first-order chi connectivity index (χ1) is 11.1. The molecule has 1 aliphatic heterocycles. The van der Waals surface area contributed by atoms with E-state index in [1.54, 1.807) is 11.0 Å². The van der Waals surface area contributed by atoms with Gasteiger partial charge in [-0.05, 0) is 19.4 Å². The van der Waals surface area contributed by atoms with Gasteiger partial charge in [0.25, 0.3) is 5.91 Å². The number of hydrogen-bond donors (Lipinski definition) is 1. The molecule has 1 aromatic rings. The number of rotatable bonds is 6. The molecule has 1 N–H and O–H groups in total. The van der Waals surface area contributed by atoms with Crippen molar-refractivity contribution in [1.82, 2.24) is 9.88 Å². The summed E-state index contributed by atoms with van der Waals surface area (Å²) < 4.78 is 0. The van der Waals surface area contributed by atoms with E-state index in [0.717, 1.165) is 17.7 Å². The zero-order valence-corrected chi connectivity index (χ0v) is 14.2. The predicted octanol–water partition coefficient (Wildman–Crippen LogP) is 3.17. The molecule has 1 aliphatic rings. The van der Waals surface area contributed by atoms with E-state index in [1.165, 1.54) is 6.07 Å². The normalized spacial score (nSPS) is 16.0. The maximum atomic E-state index is 12.6. The molecule has 0 bridgehead atoms. The number of nitrogens with zero attached hydrogens (tertiary/aromatic N) is 1. The molecule has 4 nitrogen and oxygen atoms in total. The first kappa shape index (κ1) is 17.3. The summed E-state index contributed by atoms with van der Waals surface area (Å²) in [5, 5.41) is 0.643. The van der Waals surface area contributed by atoms with E-state index in [-0.39, 0.29) is 11.5 Å². The molecule has 2 rings (SSSR count). The molecule has 1 aromatic heterocycles. The van der Waals surface area contributed by atoms with Crippen molar-refractivity contribution in [2.45, 2.75) is 26.7 Å². The molecule has 0 atom stereocenters. The number of pyridine rings is 1. The zero-order chi connectivity index (χ0) is 16.8. The Bertz CT molecular complexity index is 729. The van der Waals surface area contributed by atoms with Crippen LogP contribution in [-0.2, 0) is 11.2 Å². The number of carbonyl (C=O) groups is 1. The molecular weight excluding hydrogens is 312 g/mol. The second kappa shape index (κ2) is 7.97. The maximum absolute atomic E-state index is 12.6. The van der Waals surface area contributed by atoms with Crippen LogP contribution in [0.1, 0.15) is 26.0 Å². The lowest BCUT2D eigenvalue weighted by atomic mass is 10.1. The number of nitrogens with one attached hydrogen (secondary N) is 1. The average Bonchev–Trinajstić information content (AvgIpc) is 2.83. The van der Waals surface area contributed by atoms with Crippen molar-refractivity contribution in [3.8, 4) is 0 Å². The highest BCUT2D eigenvalue weighted by atomic mass is 35.5. The fraction of sp³-hybridized carbons (Fsp3) is 0.333. The Hall–Kier alpha value is -2.07. The van der Waals surface area contributed by atoms with Crippen LogP contribution < -0.4 is 5.56 Å². The monoisotopic (exact) mass is 332 g/mol. The molecule has 0 fully saturated rings. The summed E-state index contributed by atoms with van der Waals surface area (Å²) in [5.41, 5.74) is 2.22. The highest BCUT2D eigenvalue weighted by molar-refractivity contribution is 6.32. The van der Waals surface area contributed by atoms with Crippen LogP contribution >= 0.6 is 11.6 Å². The molecule has 1 amide bonds. The van der Waals surface area contributed by atoms with Gasteiger partial charge in [-0.2, -0.15) is 0 Å². The molecule has 0 radical (unpaired) electrons. The molecular formula is C18H21ClN2O2. The molecule has 0 aromatic carbocycles. The molecule has 2 heterocycles. The average molecular weight is 333 g/mol. The number of aromatic amines is 1. The lowest BCUT2D eigenvalue weighted by Crippen LogP contribution is -2.29. The Balaban J connectivity index is 2.13. The summed E-state index contributed by atoms with van der Waals surface area (Å²) in [6.07, 6.45) is 7.01. The Morgan fingerprint density at radius 2 is 2.17 bits per heavy atom. The smallest absolute Gasteiger partial charge is 0.254 e. The SMILES string of the molecule is C/C=C\C1=C(C(/Cl)=C/CC)CN(CCc2cccc(=O)[nH]2)C1=O. The van der Waals surface area contributed by atoms with Crippen LogP contribution in [0.2, 0.25) is 0 Å². The number of halogens is 1. The van der Waals surface area contributed by atoms with Gasteiger partial charge in [0.05, 0.1) is 0 Å². The van der Waals surface area contributed by atoms with Crippen molar-refractivity contribution < 1.29 is 4.79 Å². The Morgan fingerprint density at radius 1 is 1.39 bits per heavy atom. The van der Waals surface area contributed by atoms with E-state index in [9.17, 15) is 9.59 Å². The van der Waals surface area contributed by atoms with Crippen molar-refractivity contribution >= 4 is 17.5 Å². The first-order valence-electron chi connectivity index (χ1n) is 7.76. The third-order valence-electron chi connectivity index (χ3n) is 3.68. The fourth-order valence-corrected chi connectivity index (χ4v) is 2.88. The van der Waals surface area contributed by atoms with Gasteiger partial charge >= 0.3 is 0 Å². The third kappa shape index (κ3) is 4.23. The number of aromatic nitrogens is 1. The minimum Gasteiger partial charge on any atom is -0.334 e. The lowest BCUT2D eigenvalue weighted by molar-refractivity contribution is -0.125. The summed E-state index contributed by atoms with van der Waals surface area (Å²) in [5.74, 6) is -0.0148. The van der Waals surface area contributed by atoms with Gasteiger partial charge in [-0.3, -0.25) is 9.59 Å². The zero-order valence-electron chi connectivity index (χ0n) is 13.4. The van der Waals surface area contributed by atoms with Crippen LogP contribution in [0, 0.1) is 0 Å². The second-order valence-electron chi connectivity index (χ2n) is 5.37. The van der Waals surface area contributed by atoms with E-state index in [2.05, 4.69) is 4.98 Å². The Morgan fingerprint density at radius 3 is 2.83 bits per heavy atom. The van der Waals surface area contributed by atoms with Crippen molar-refractivity contribution in [1.29, 1.82) is 0 Å². The molecule has 0 saturated carbocycles. The minimum atomic E-state index is -0.127. The molecule has 5 heteroatoms. The fourth-order valence-electron chi connectivity index (χ4n) is 2.57. The highest BCUT2D eigenvalue weighted by Gasteiger charge is 2.29. The van der Waals surface area contributed by atoms with E-state index in [1.807, 2.05) is 38.1 Å². The van der Waals surface area contributed by atoms with Crippen molar-refractivity contribution in [2.24, 2.45) is 0 Å². The first-order valence-corrected chi connectivity index (χ1v) is 8.14. The molecule has 0 spiro atoms. The largest absolute Gasteiger partial charge is 0.334 e. The van der Waals surface area contributed by atoms with Crippen LogP contribution in [0.3, 0.4) is 0 Å². The van der Waals surface area contributed by atoms with E-state index >= 15 is 0 Å². The topological polar surface area (TPSA) is 53.2 Å². The second-order valence-corrected chi connectivity index (χ2v) is 5.78. The van der Waals surface area contributed by atoms with Crippen LogP contribution in [0.15, 0.2) is 57.4 Å². The van der Waals surface area contributed by atoms with Crippen LogP contribution in [0.25, 0.3) is 0 Å². The maximum Gasteiger partial charge on any atom is 0.254 e. The quantitative estimate of drug-likeness (QED) is 0.870. The van der Waals surface area contributed by atoms with Gasteiger partial charge in [-0.1, -0.05) is 42.8 Å². The van der Waals surface area contributed by atoms with Crippen molar-refractivity contribution in [3.05, 3.63) is 68.7 Å². The standard InChI is InChI=1S/C18H21ClN2O2/c1-3-6-14-15(16(19)7-4-2)12-21(18(14)23)11-10-13-8-5-9-17(22)20-13/h3,5-9H,4,10-12H2,1-2H3,(H,20,22)/b6-3-,16-7-. The number of H-pyrrole nitrogens is 1. The van der Waals surface area contributed by atoms with Gasteiger partial charge in [0, 0.05) is 47.4 Å². The molecule has 0 unspecified atom stereocenters. The molecule has 0 aliphatic carbocycles. The molecule has 122 valence electrons.